The Labute approximate surface area is 161 Å². The highest BCUT2D eigenvalue weighted by Crippen LogP contribution is 2.34. The maximum Gasteiger partial charge on any atom is 0.191 e. The van der Waals surface area contributed by atoms with E-state index in [0.717, 1.165) is 31.5 Å². The van der Waals surface area contributed by atoms with Gasteiger partial charge in [-0.05, 0) is 65.1 Å². The van der Waals surface area contributed by atoms with Crippen LogP contribution in [0.5, 0.6) is 0 Å². The van der Waals surface area contributed by atoms with Crippen LogP contribution in [0.25, 0.3) is 0 Å². The lowest BCUT2D eigenvalue weighted by Crippen LogP contribution is -2.44. The van der Waals surface area contributed by atoms with Gasteiger partial charge in [-0.2, -0.15) is 0 Å². The minimum Gasteiger partial charge on any atom is -0.354 e. The summed E-state index contributed by atoms with van der Waals surface area (Å²) < 4.78 is 0. The molecule has 1 rings (SSSR count). The Balaban J connectivity index is 0.00000484. The minimum atomic E-state index is 0. The van der Waals surface area contributed by atoms with Crippen molar-refractivity contribution in [3.8, 4) is 0 Å². The average molecular weight is 438 g/mol. The van der Waals surface area contributed by atoms with E-state index in [0.29, 0.717) is 12.1 Å². The molecule has 0 bridgehead atoms. The molecule has 0 spiro atoms. The molecule has 0 aromatic rings. The standard InChI is InChI=1S/C18H38N4.HI/c1-6-11-16-14-17(16)21-18(19-7-2)20-15(5)12-10-13-22(8-3)9-4;/h15-17H,6-14H2,1-5H3,(H2,19,20,21);1H. The van der Waals surface area contributed by atoms with Crippen LogP contribution in [0.3, 0.4) is 0 Å². The zero-order chi connectivity index (χ0) is 16.4. The van der Waals surface area contributed by atoms with E-state index < -0.39 is 0 Å². The largest absolute Gasteiger partial charge is 0.354 e. The summed E-state index contributed by atoms with van der Waals surface area (Å²) in [5.74, 6) is 1.88. The number of nitrogens with zero attached hydrogens (tertiary/aromatic N) is 2. The van der Waals surface area contributed by atoms with Crippen LogP contribution in [0, 0.1) is 5.92 Å². The molecule has 0 amide bonds. The number of hydrogen-bond acceptors (Lipinski definition) is 2. The highest BCUT2D eigenvalue weighted by atomic mass is 127. The lowest BCUT2D eigenvalue weighted by Gasteiger charge is -2.21. The maximum atomic E-state index is 4.60. The first-order valence-corrected chi connectivity index (χ1v) is 9.44. The number of hydrogen-bond donors (Lipinski definition) is 2. The van der Waals surface area contributed by atoms with Crippen molar-refractivity contribution in [2.75, 3.05) is 26.2 Å². The van der Waals surface area contributed by atoms with Gasteiger partial charge < -0.3 is 15.5 Å². The van der Waals surface area contributed by atoms with Crippen LogP contribution in [0.4, 0.5) is 0 Å². The van der Waals surface area contributed by atoms with Crippen molar-refractivity contribution < 1.29 is 0 Å². The Kier molecular flexibility index (Phi) is 13.3. The molecule has 3 unspecified atom stereocenters. The van der Waals surface area contributed by atoms with Crippen molar-refractivity contribution in [3.05, 3.63) is 0 Å². The summed E-state index contributed by atoms with van der Waals surface area (Å²) >= 11 is 0. The molecule has 3 atom stereocenters. The molecule has 0 heterocycles. The zero-order valence-corrected chi connectivity index (χ0v) is 18.2. The molecule has 138 valence electrons. The van der Waals surface area contributed by atoms with E-state index >= 15 is 0 Å². The third kappa shape index (κ3) is 9.75. The molecule has 1 saturated carbocycles. The van der Waals surface area contributed by atoms with Gasteiger partial charge in [0.25, 0.3) is 0 Å². The van der Waals surface area contributed by atoms with Crippen LogP contribution >= 0.6 is 24.0 Å². The van der Waals surface area contributed by atoms with E-state index in [1.807, 2.05) is 0 Å². The summed E-state index contributed by atoms with van der Waals surface area (Å²) in [4.78, 5) is 7.09. The van der Waals surface area contributed by atoms with Crippen molar-refractivity contribution in [3.63, 3.8) is 0 Å². The van der Waals surface area contributed by atoms with Gasteiger partial charge in [-0.15, -0.1) is 24.0 Å². The van der Waals surface area contributed by atoms with Crippen molar-refractivity contribution in [2.45, 2.75) is 78.8 Å². The van der Waals surface area contributed by atoms with Gasteiger partial charge >= 0.3 is 0 Å². The highest BCUT2D eigenvalue weighted by molar-refractivity contribution is 14.0. The van der Waals surface area contributed by atoms with E-state index in [2.05, 4.69) is 55.1 Å². The molecule has 1 aliphatic rings. The Hall–Kier alpha value is -0.0400. The second-order valence-corrected chi connectivity index (χ2v) is 6.57. The van der Waals surface area contributed by atoms with Crippen LogP contribution in [-0.4, -0.2) is 49.1 Å². The first-order valence-electron chi connectivity index (χ1n) is 9.44. The second kappa shape index (κ2) is 13.3. The summed E-state index contributed by atoms with van der Waals surface area (Å²) in [5.41, 5.74) is 0. The SMILES string of the molecule is CCCC1CC1NC(=NCC)NC(C)CCCN(CC)CC.I. The Morgan fingerprint density at radius 2 is 1.91 bits per heavy atom. The molecular weight excluding hydrogens is 399 g/mol. The quantitative estimate of drug-likeness (QED) is 0.292. The van der Waals surface area contributed by atoms with E-state index in [1.165, 1.54) is 38.6 Å². The minimum absolute atomic E-state index is 0. The van der Waals surface area contributed by atoms with Crippen LogP contribution in [0.2, 0.25) is 0 Å². The van der Waals surface area contributed by atoms with E-state index in [9.17, 15) is 0 Å². The summed E-state index contributed by atoms with van der Waals surface area (Å²) in [6, 6.07) is 1.14. The number of halogens is 1. The molecule has 5 heteroatoms. The van der Waals surface area contributed by atoms with E-state index in [4.69, 9.17) is 0 Å². The molecule has 23 heavy (non-hydrogen) atoms. The van der Waals surface area contributed by atoms with Gasteiger partial charge in [-0.1, -0.05) is 27.2 Å². The number of nitrogens with one attached hydrogen (secondary N) is 2. The summed E-state index contributed by atoms with van der Waals surface area (Å²) in [7, 11) is 0. The smallest absolute Gasteiger partial charge is 0.191 e. The Morgan fingerprint density at radius 3 is 2.48 bits per heavy atom. The first-order chi connectivity index (χ1) is 10.6. The fraction of sp³-hybridized carbons (Fsp3) is 0.944. The summed E-state index contributed by atoms with van der Waals surface area (Å²) in [5, 5.41) is 7.19. The molecular formula is C18H39IN4. The summed E-state index contributed by atoms with van der Waals surface area (Å²) in [6.07, 6.45) is 6.39. The van der Waals surface area contributed by atoms with Gasteiger partial charge in [0, 0.05) is 18.6 Å². The molecule has 0 aliphatic heterocycles. The first kappa shape index (κ1) is 23.0. The third-order valence-corrected chi connectivity index (χ3v) is 4.61. The highest BCUT2D eigenvalue weighted by Gasteiger charge is 2.36. The van der Waals surface area contributed by atoms with Crippen molar-refractivity contribution in [1.29, 1.82) is 0 Å². The molecule has 1 aliphatic carbocycles. The molecule has 0 saturated heterocycles. The van der Waals surface area contributed by atoms with Gasteiger partial charge in [0.2, 0.25) is 0 Å². The molecule has 0 aromatic carbocycles. The van der Waals surface area contributed by atoms with Crippen LogP contribution < -0.4 is 10.6 Å². The molecule has 0 radical (unpaired) electrons. The fourth-order valence-electron chi connectivity index (χ4n) is 3.05. The maximum absolute atomic E-state index is 4.60. The predicted molar refractivity (Wildman–Crippen MR) is 113 cm³/mol. The molecule has 0 aromatic heterocycles. The normalized spacial score (nSPS) is 21.7. The molecule has 1 fully saturated rings. The van der Waals surface area contributed by atoms with Crippen LogP contribution in [0.15, 0.2) is 4.99 Å². The lowest BCUT2D eigenvalue weighted by molar-refractivity contribution is 0.292. The lowest BCUT2D eigenvalue weighted by atomic mass is 10.2. The topological polar surface area (TPSA) is 39.7 Å². The van der Waals surface area contributed by atoms with Gasteiger partial charge in [-0.3, -0.25) is 4.99 Å². The second-order valence-electron chi connectivity index (χ2n) is 6.57. The van der Waals surface area contributed by atoms with Gasteiger partial charge in [0.05, 0.1) is 0 Å². The van der Waals surface area contributed by atoms with Gasteiger partial charge in [0.1, 0.15) is 0 Å². The van der Waals surface area contributed by atoms with Crippen molar-refractivity contribution in [2.24, 2.45) is 10.9 Å². The van der Waals surface area contributed by atoms with Crippen molar-refractivity contribution >= 4 is 29.9 Å². The average Bonchev–Trinajstić information content (AvgIpc) is 3.22. The molecule has 4 nitrogen and oxygen atoms in total. The summed E-state index contributed by atoms with van der Waals surface area (Å²) in [6.45, 7) is 15.5. The number of guanidine groups is 1. The predicted octanol–water partition coefficient (Wildman–Crippen LogP) is 3.86. The fourth-order valence-corrected chi connectivity index (χ4v) is 3.05. The monoisotopic (exact) mass is 438 g/mol. The number of aliphatic imine (C=N–C) groups is 1. The zero-order valence-electron chi connectivity index (χ0n) is 15.9. The number of rotatable bonds is 11. The van der Waals surface area contributed by atoms with Gasteiger partial charge in [-0.25, -0.2) is 0 Å². The molecule has 2 N–H and O–H groups in total. The Morgan fingerprint density at radius 1 is 1.22 bits per heavy atom. The van der Waals surface area contributed by atoms with Crippen LogP contribution in [-0.2, 0) is 0 Å². The van der Waals surface area contributed by atoms with E-state index in [1.54, 1.807) is 0 Å². The van der Waals surface area contributed by atoms with E-state index in [-0.39, 0.29) is 24.0 Å². The van der Waals surface area contributed by atoms with Crippen molar-refractivity contribution in [1.82, 2.24) is 15.5 Å². The Bertz CT molecular complexity index is 318. The van der Waals surface area contributed by atoms with Crippen LogP contribution in [0.1, 0.15) is 66.7 Å². The van der Waals surface area contributed by atoms with Gasteiger partial charge in [0.15, 0.2) is 5.96 Å². The third-order valence-electron chi connectivity index (χ3n) is 4.61.